The van der Waals surface area contributed by atoms with Crippen molar-refractivity contribution in [1.29, 1.82) is 0 Å². The number of ether oxygens (including phenoxy) is 1. The lowest BCUT2D eigenvalue weighted by Gasteiger charge is -2.37. The molecule has 0 spiro atoms. The maximum Gasteiger partial charge on any atom is 0.142 e. The molecule has 4 saturated carbocycles. The van der Waals surface area contributed by atoms with Crippen LogP contribution in [-0.2, 0) is 4.74 Å². The number of allylic oxidation sites excluding steroid dienone is 1. The molecule has 0 aromatic heterocycles. The molecule has 4 fully saturated rings. The van der Waals surface area contributed by atoms with Crippen molar-refractivity contribution < 1.29 is 4.74 Å². The third-order valence-corrected chi connectivity index (χ3v) is 6.35. The first kappa shape index (κ1) is 16.9. The fraction of sp³-hybridized carbons (Fsp3) is 0.900. The smallest absolute Gasteiger partial charge is 0.142 e. The van der Waals surface area contributed by atoms with Gasteiger partial charge in [0.2, 0.25) is 0 Å². The Hall–Kier alpha value is -0.460. The third kappa shape index (κ3) is 2.66. The summed E-state index contributed by atoms with van der Waals surface area (Å²) in [4.78, 5) is 0. The number of hydrogen-bond donors (Lipinski definition) is 0. The second kappa shape index (κ2) is 7.20. The van der Waals surface area contributed by atoms with Crippen LogP contribution in [0, 0.1) is 41.4 Å². The molecule has 1 nitrogen and oxygen atoms in total. The molecule has 7 unspecified atom stereocenters. The Morgan fingerprint density at radius 3 is 1.90 bits per heavy atom. The van der Waals surface area contributed by atoms with Crippen LogP contribution in [0.4, 0.5) is 0 Å². The molecule has 4 bridgehead atoms. The third-order valence-electron chi connectivity index (χ3n) is 6.35. The van der Waals surface area contributed by atoms with Gasteiger partial charge < -0.3 is 4.74 Å². The van der Waals surface area contributed by atoms with Crippen LogP contribution in [-0.4, -0.2) is 0 Å². The first-order chi connectivity index (χ1) is 10.4. The molecule has 21 heavy (non-hydrogen) atoms. The second-order valence-electron chi connectivity index (χ2n) is 6.63. The predicted molar refractivity (Wildman–Crippen MR) is 90.7 cm³/mol. The van der Waals surface area contributed by atoms with Crippen LogP contribution in [0.1, 0.15) is 73.6 Å². The van der Waals surface area contributed by atoms with E-state index in [4.69, 9.17) is 4.74 Å². The summed E-state index contributed by atoms with van der Waals surface area (Å²) in [7, 11) is 0. The Labute approximate surface area is 132 Å². The highest BCUT2D eigenvalue weighted by Crippen LogP contribution is 2.70. The minimum atomic E-state index is 0.857. The van der Waals surface area contributed by atoms with Crippen molar-refractivity contribution in [3.05, 3.63) is 12.0 Å². The summed E-state index contributed by atoms with van der Waals surface area (Å²) in [5.41, 5.74) is 0. The lowest BCUT2D eigenvalue weighted by Crippen LogP contribution is -2.32. The lowest BCUT2D eigenvalue weighted by molar-refractivity contribution is 0.111. The molecule has 0 radical (unpaired) electrons. The molecule has 1 heterocycles. The fourth-order valence-corrected chi connectivity index (χ4v) is 6.10. The van der Waals surface area contributed by atoms with Gasteiger partial charge in [-0.05, 0) is 67.6 Å². The maximum atomic E-state index is 5.37. The normalized spacial score (nSPS) is 45.8. The van der Waals surface area contributed by atoms with Crippen LogP contribution < -0.4 is 0 Å². The van der Waals surface area contributed by atoms with Crippen LogP contribution in [0.15, 0.2) is 12.0 Å². The van der Waals surface area contributed by atoms with E-state index in [9.17, 15) is 0 Å². The summed E-state index contributed by atoms with van der Waals surface area (Å²) in [5.74, 6) is 8.89. The van der Waals surface area contributed by atoms with Crippen molar-refractivity contribution in [1.82, 2.24) is 0 Å². The minimum absolute atomic E-state index is 0.857. The molecule has 7 atom stereocenters. The summed E-state index contributed by atoms with van der Waals surface area (Å²) in [6.07, 6.45) is 9.75. The van der Waals surface area contributed by atoms with Crippen LogP contribution in [0.3, 0.4) is 0 Å². The van der Waals surface area contributed by atoms with Gasteiger partial charge in [-0.15, -0.1) is 0 Å². The number of hydrogen-bond acceptors (Lipinski definition) is 1. The molecular formula is C20H36O. The standard InChI is InChI=1S/C14H18O.3C2H6/c1-2-8-3-7(1)13-9-4-10(12-6-15-12)11(5-9)14(8)13;3*1-2/h6-11,13-14H,1-5H2;3*1-2H3. The summed E-state index contributed by atoms with van der Waals surface area (Å²) < 4.78 is 5.37. The maximum absolute atomic E-state index is 5.37. The van der Waals surface area contributed by atoms with Crippen molar-refractivity contribution in [2.24, 2.45) is 41.4 Å². The summed E-state index contributed by atoms with van der Waals surface area (Å²) >= 11 is 0. The van der Waals surface area contributed by atoms with Crippen LogP contribution in [0.5, 0.6) is 0 Å². The first-order valence-electron chi connectivity index (χ1n) is 9.78. The molecule has 0 aromatic rings. The quantitative estimate of drug-likeness (QED) is 0.520. The van der Waals surface area contributed by atoms with Crippen molar-refractivity contribution in [3.63, 3.8) is 0 Å². The van der Waals surface area contributed by atoms with Gasteiger partial charge in [0.1, 0.15) is 12.0 Å². The van der Waals surface area contributed by atoms with E-state index in [1.165, 1.54) is 12.2 Å². The monoisotopic (exact) mass is 292 g/mol. The highest BCUT2D eigenvalue weighted by molar-refractivity contribution is 5.19. The summed E-state index contributed by atoms with van der Waals surface area (Å²) in [6.45, 7) is 12.0. The van der Waals surface area contributed by atoms with Gasteiger partial charge in [0.15, 0.2) is 0 Å². The molecule has 0 aromatic carbocycles. The van der Waals surface area contributed by atoms with Gasteiger partial charge in [-0.1, -0.05) is 41.5 Å². The molecule has 5 rings (SSSR count). The Kier molecular flexibility index (Phi) is 5.80. The van der Waals surface area contributed by atoms with Gasteiger partial charge >= 0.3 is 0 Å². The van der Waals surface area contributed by atoms with E-state index >= 15 is 0 Å². The van der Waals surface area contributed by atoms with Crippen molar-refractivity contribution in [2.75, 3.05) is 0 Å². The highest BCUT2D eigenvalue weighted by atomic mass is 16.5. The minimum Gasteiger partial charge on any atom is -0.462 e. The molecule has 5 aliphatic rings. The van der Waals surface area contributed by atoms with Gasteiger partial charge in [0.25, 0.3) is 0 Å². The predicted octanol–water partition coefficient (Wildman–Crippen LogP) is 6.25. The summed E-state index contributed by atoms with van der Waals surface area (Å²) in [6, 6.07) is 0. The second-order valence-corrected chi connectivity index (χ2v) is 6.63. The largest absolute Gasteiger partial charge is 0.462 e. The zero-order valence-corrected chi connectivity index (χ0v) is 15.1. The average Bonchev–Trinajstić information content (AvgIpc) is 2.98. The van der Waals surface area contributed by atoms with Gasteiger partial charge in [-0.25, -0.2) is 0 Å². The zero-order valence-electron chi connectivity index (χ0n) is 15.1. The zero-order chi connectivity index (χ0) is 15.6. The van der Waals surface area contributed by atoms with E-state index in [0.29, 0.717) is 0 Å². The molecular weight excluding hydrogens is 256 g/mol. The first-order valence-corrected chi connectivity index (χ1v) is 9.78. The Morgan fingerprint density at radius 1 is 0.762 bits per heavy atom. The topological polar surface area (TPSA) is 12.5 Å². The van der Waals surface area contributed by atoms with Gasteiger partial charge in [-0.3, -0.25) is 0 Å². The molecule has 0 saturated heterocycles. The van der Waals surface area contributed by atoms with Crippen LogP contribution in [0.2, 0.25) is 0 Å². The van der Waals surface area contributed by atoms with Crippen molar-refractivity contribution in [2.45, 2.75) is 73.6 Å². The molecule has 0 N–H and O–H groups in total. The van der Waals surface area contributed by atoms with E-state index in [0.717, 1.165) is 41.4 Å². The van der Waals surface area contributed by atoms with Crippen LogP contribution in [0.25, 0.3) is 0 Å². The molecule has 122 valence electrons. The fourth-order valence-electron chi connectivity index (χ4n) is 6.10. The molecule has 4 aliphatic carbocycles. The Balaban J connectivity index is 0.000000244. The lowest BCUT2D eigenvalue weighted by atomic mass is 9.67. The van der Waals surface area contributed by atoms with E-state index < -0.39 is 0 Å². The average molecular weight is 293 g/mol. The molecule has 1 heteroatoms. The van der Waals surface area contributed by atoms with E-state index in [1.54, 1.807) is 25.7 Å². The Bertz CT molecular complexity index is 359. The van der Waals surface area contributed by atoms with E-state index in [2.05, 4.69) is 0 Å². The summed E-state index contributed by atoms with van der Waals surface area (Å²) in [5, 5.41) is 0. The number of rotatable bonds is 1. The van der Waals surface area contributed by atoms with Crippen molar-refractivity contribution in [3.8, 4) is 0 Å². The van der Waals surface area contributed by atoms with Gasteiger partial charge in [-0.2, -0.15) is 0 Å². The van der Waals surface area contributed by atoms with Gasteiger partial charge in [0, 0.05) is 5.92 Å². The van der Waals surface area contributed by atoms with E-state index in [-0.39, 0.29) is 0 Å². The van der Waals surface area contributed by atoms with E-state index in [1.807, 2.05) is 47.8 Å². The molecule has 1 aliphatic heterocycles. The SMILES string of the molecule is C1=C(C2CC3CC2C2C4CCC(C4)C32)O1.CC.CC.CC. The molecule has 0 amide bonds. The van der Waals surface area contributed by atoms with Crippen molar-refractivity contribution >= 4 is 0 Å². The highest BCUT2D eigenvalue weighted by Gasteiger charge is 2.63. The Morgan fingerprint density at radius 2 is 1.33 bits per heavy atom. The number of fused-ring (bicyclic) bond motifs is 9. The van der Waals surface area contributed by atoms with Gasteiger partial charge in [0.05, 0.1) is 0 Å². The van der Waals surface area contributed by atoms with Crippen LogP contribution >= 0.6 is 0 Å².